The van der Waals surface area contributed by atoms with Gasteiger partial charge < -0.3 is 14.9 Å². The molecule has 1 amide bonds. The molecule has 0 fully saturated rings. The molecule has 8 heteroatoms. The predicted octanol–water partition coefficient (Wildman–Crippen LogP) is 1.17. The van der Waals surface area contributed by atoms with Crippen LogP contribution in [0.2, 0.25) is 0 Å². The van der Waals surface area contributed by atoms with E-state index in [1.165, 1.54) is 24.0 Å². The average molecular weight is 353 g/mol. The van der Waals surface area contributed by atoms with Crippen LogP contribution in [0.15, 0.2) is 58.8 Å². The van der Waals surface area contributed by atoms with Crippen LogP contribution in [0, 0.1) is 0 Å². The van der Waals surface area contributed by atoms with Crippen LogP contribution in [0.3, 0.4) is 0 Å². The number of hydrogen-bond acceptors (Lipinski definition) is 6. The van der Waals surface area contributed by atoms with Gasteiger partial charge in [0.1, 0.15) is 0 Å². The van der Waals surface area contributed by atoms with Crippen molar-refractivity contribution in [3.63, 3.8) is 0 Å². The lowest BCUT2D eigenvalue weighted by Gasteiger charge is -2.05. The number of hydrogen-bond donors (Lipinski definition) is 2. The third-order valence-electron chi connectivity index (χ3n) is 3.28. The molecule has 25 heavy (non-hydrogen) atoms. The van der Waals surface area contributed by atoms with Crippen LogP contribution in [0.5, 0.6) is 0 Å². The zero-order valence-electron chi connectivity index (χ0n) is 12.9. The first kappa shape index (κ1) is 16.7. The van der Waals surface area contributed by atoms with Crippen LogP contribution < -0.4 is 10.5 Å². The number of carbonyl (C=O) groups is 2. The average Bonchev–Trinajstić information content (AvgIpc) is 3.03. The smallest absolute Gasteiger partial charge is 0.250 e. The van der Waals surface area contributed by atoms with Gasteiger partial charge in [-0.2, -0.15) is 5.10 Å². The summed E-state index contributed by atoms with van der Waals surface area (Å²) in [5, 5.41) is 15.4. The highest BCUT2D eigenvalue weighted by molar-refractivity contribution is 7.99. The Kier molecular flexibility index (Phi) is 5.10. The largest absolute Gasteiger partial charge is 0.545 e. The van der Waals surface area contributed by atoms with Gasteiger partial charge in [0.15, 0.2) is 5.16 Å². The third-order valence-corrected chi connectivity index (χ3v) is 4.15. The first-order valence-electron chi connectivity index (χ1n) is 7.33. The number of imidazole rings is 1. The van der Waals surface area contributed by atoms with Crippen LogP contribution in [0.25, 0.3) is 11.0 Å². The topological polar surface area (TPSA) is 110 Å². The molecular weight excluding hydrogens is 340 g/mol. The second-order valence-electron chi connectivity index (χ2n) is 5.02. The Morgan fingerprint density at radius 1 is 1.20 bits per heavy atom. The number of rotatable bonds is 6. The van der Waals surface area contributed by atoms with Crippen molar-refractivity contribution >= 4 is 40.9 Å². The number of amides is 1. The fourth-order valence-electron chi connectivity index (χ4n) is 2.13. The number of benzene rings is 2. The summed E-state index contributed by atoms with van der Waals surface area (Å²) in [6.45, 7) is 0. The lowest BCUT2D eigenvalue weighted by molar-refractivity contribution is -0.255. The fraction of sp³-hybridized carbons (Fsp3) is 0.0588. The molecule has 0 aliphatic heterocycles. The fourth-order valence-corrected chi connectivity index (χ4v) is 2.81. The van der Waals surface area contributed by atoms with E-state index in [4.69, 9.17) is 0 Å². The number of carbonyl (C=O) groups excluding carboxylic acids is 2. The molecular formula is C17H13N4O3S-. The van der Waals surface area contributed by atoms with Crippen LogP contribution in [-0.4, -0.2) is 33.8 Å². The standard InChI is InChI=1S/C17H14N4O3S/c22-15(10-25-17-19-13-7-3-4-8-14(13)20-17)21-18-9-11-5-1-2-6-12(11)16(23)24/h1-9H,10H2,(H,19,20)(H,21,22)(H,23,24)/p-1/b18-9-. The molecule has 0 bridgehead atoms. The van der Waals surface area contributed by atoms with E-state index in [9.17, 15) is 14.7 Å². The molecule has 1 aromatic heterocycles. The van der Waals surface area contributed by atoms with Gasteiger partial charge in [-0.25, -0.2) is 10.4 Å². The number of carboxylic acids is 1. The maximum absolute atomic E-state index is 11.8. The highest BCUT2D eigenvalue weighted by Gasteiger charge is 2.06. The minimum absolute atomic E-state index is 0.0112. The van der Waals surface area contributed by atoms with E-state index in [1.54, 1.807) is 18.2 Å². The van der Waals surface area contributed by atoms with Crippen molar-refractivity contribution in [1.29, 1.82) is 0 Å². The predicted molar refractivity (Wildman–Crippen MR) is 93.3 cm³/mol. The van der Waals surface area contributed by atoms with Crippen molar-refractivity contribution < 1.29 is 14.7 Å². The van der Waals surface area contributed by atoms with Crippen molar-refractivity contribution in [2.45, 2.75) is 5.16 Å². The Labute approximate surface area is 147 Å². The summed E-state index contributed by atoms with van der Waals surface area (Å²) in [6.07, 6.45) is 1.27. The van der Waals surface area contributed by atoms with Gasteiger partial charge in [0.05, 0.1) is 29.0 Å². The van der Waals surface area contributed by atoms with E-state index >= 15 is 0 Å². The number of carboxylic acid groups (broad SMARTS) is 1. The van der Waals surface area contributed by atoms with E-state index in [0.717, 1.165) is 11.0 Å². The van der Waals surface area contributed by atoms with E-state index in [0.29, 0.717) is 10.7 Å². The molecule has 0 radical (unpaired) electrons. The highest BCUT2D eigenvalue weighted by Crippen LogP contribution is 2.18. The number of aromatic amines is 1. The monoisotopic (exact) mass is 353 g/mol. The Morgan fingerprint density at radius 2 is 1.96 bits per heavy atom. The summed E-state index contributed by atoms with van der Waals surface area (Å²) in [6, 6.07) is 13.8. The van der Waals surface area contributed by atoms with Gasteiger partial charge >= 0.3 is 0 Å². The van der Waals surface area contributed by atoms with Crippen molar-refractivity contribution in [3.05, 3.63) is 59.7 Å². The summed E-state index contributed by atoms with van der Waals surface area (Å²) < 4.78 is 0. The van der Waals surface area contributed by atoms with Crippen molar-refractivity contribution in [2.24, 2.45) is 5.10 Å². The molecule has 3 rings (SSSR count). The summed E-state index contributed by atoms with van der Waals surface area (Å²) >= 11 is 1.25. The van der Waals surface area contributed by atoms with Gasteiger partial charge in [-0.15, -0.1) is 0 Å². The van der Waals surface area contributed by atoms with E-state index in [1.807, 2.05) is 24.3 Å². The van der Waals surface area contributed by atoms with Gasteiger partial charge in [-0.05, 0) is 12.1 Å². The molecule has 0 atom stereocenters. The zero-order valence-corrected chi connectivity index (χ0v) is 13.7. The molecule has 0 aliphatic rings. The SMILES string of the molecule is O=C(CSc1nc2ccccc2[nH]1)N/N=C\c1ccccc1C(=O)[O-]. The van der Waals surface area contributed by atoms with Crippen LogP contribution in [-0.2, 0) is 4.79 Å². The number of aromatic carboxylic acids is 1. The van der Waals surface area contributed by atoms with Crippen LogP contribution >= 0.6 is 11.8 Å². The molecule has 0 saturated carbocycles. The minimum Gasteiger partial charge on any atom is -0.545 e. The first-order valence-corrected chi connectivity index (χ1v) is 8.32. The molecule has 7 nitrogen and oxygen atoms in total. The summed E-state index contributed by atoms with van der Waals surface area (Å²) in [7, 11) is 0. The van der Waals surface area contributed by atoms with E-state index in [2.05, 4.69) is 20.5 Å². The number of thioether (sulfide) groups is 1. The molecule has 3 aromatic rings. The number of para-hydroxylation sites is 2. The van der Waals surface area contributed by atoms with E-state index < -0.39 is 5.97 Å². The Morgan fingerprint density at radius 3 is 2.76 bits per heavy atom. The number of H-pyrrole nitrogens is 1. The zero-order chi connectivity index (χ0) is 17.6. The molecule has 2 aromatic carbocycles. The first-order chi connectivity index (χ1) is 12.1. The van der Waals surface area contributed by atoms with Gasteiger partial charge in [0.2, 0.25) is 0 Å². The molecule has 1 heterocycles. The van der Waals surface area contributed by atoms with Crippen LogP contribution in [0.4, 0.5) is 0 Å². The van der Waals surface area contributed by atoms with Gasteiger partial charge in [0.25, 0.3) is 5.91 Å². The van der Waals surface area contributed by atoms with Crippen molar-refractivity contribution in [3.8, 4) is 0 Å². The maximum Gasteiger partial charge on any atom is 0.250 e. The third kappa shape index (κ3) is 4.24. The number of hydrazone groups is 1. The summed E-state index contributed by atoms with van der Waals surface area (Å²) in [5.74, 6) is -1.50. The van der Waals surface area contributed by atoms with Gasteiger partial charge in [-0.1, -0.05) is 48.2 Å². The molecule has 126 valence electrons. The summed E-state index contributed by atoms with van der Waals surface area (Å²) in [5.41, 5.74) is 4.46. The normalized spacial score (nSPS) is 11.0. The Balaban J connectivity index is 1.55. The maximum atomic E-state index is 11.8. The Hall–Kier alpha value is -3.13. The van der Waals surface area contributed by atoms with Crippen LogP contribution in [0.1, 0.15) is 15.9 Å². The number of aromatic nitrogens is 2. The van der Waals surface area contributed by atoms with Crippen molar-refractivity contribution in [2.75, 3.05) is 5.75 Å². The second-order valence-corrected chi connectivity index (χ2v) is 5.98. The molecule has 0 saturated heterocycles. The molecule has 0 spiro atoms. The molecule has 0 unspecified atom stereocenters. The van der Waals surface area contributed by atoms with E-state index in [-0.39, 0.29) is 17.2 Å². The lowest BCUT2D eigenvalue weighted by atomic mass is 10.1. The number of nitrogens with zero attached hydrogens (tertiary/aromatic N) is 2. The minimum atomic E-state index is -1.30. The number of nitrogens with one attached hydrogen (secondary N) is 2. The quantitative estimate of drug-likeness (QED) is 0.393. The summed E-state index contributed by atoms with van der Waals surface area (Å²) in [4.78, 5) is 30.3. The van der Waals surface area contributed by atoms with Gasteiger partial charge in [-0.3, -0.25) is 4.79 Å². The lowest BCUT2D eigenvalue weighted by Crippen LogP contribution is -2.24. The second kappa shape index (κ2) is 7.63. The molecule has 0 aliphatic carbocycles. The molecule has 2 N–H and O–H groups in total. The Bertz CT molecular complexity index is 919. The highest BCUT2D eigenvalue weighted by atomic mass is 32.2. The van der Waals surface area contributed by atoms with Crippen molar-refractivity contribution in [1.82, 2.24) is 15.4 Å². The van der Waals surface area contributed by atoms with Gasteiger partial charge in [0, 0.05) is 11.1 Å². The number of fused-ring (bicyclic) bond motifs is 1.